The second kappa shape index (κ2) is 10.4. The molecule has 1 saturated heterocycles. The van der Waals surface area contributed by atoms with Gasteiger partial charge in [-0.3, -0.25) is 4.79 Å². The summed E-state index contributed by atoms with van der Waals surface area (Å²) in [6.45, 7) is 3.13. The van der Waals surface area contributed by atoms with E-state index < -0.39 is 17.6 Å². The normalized spacial score (nSPS) is 15.7. The van der Waals surface area contributed by atoms with E-state index in [4.69, 9.17) is 0 Å². The number of piperidine rings is 1. The smallest absolute Gasteiger partial charge is 0.351 e. The molecule has 3 aromatic carbocycles. The van der Waals surface area contributed by atoms with E-state index in [2.05, 4.69) is 10.2 Å². The summed E-state index contributed by atoms with van der Waals surface area (Å²) in [7, 11) is 0. The van der Waals surface area contributed by atoms with Crippen LogP contribution in [0.4, 0.5) is 13.2 Å². The van der Waals surface area contributed by atoms with Gasteiger partial charge in [0.05, 0.1) is 5.56 Å². The van der Waals surface area contributed by atoms with Crippen molar-refractivity contribution in [3.63, 3.8) is 0 Å². The van der Waals surface area contributed by atoms with Crippen molar-refractivity contribution in [2.45, 2.75) is 31.4 Å². The number of nitrogens with zero attached hydrogens (tertiary/aromatic N) is 1. The van der Waals surface area contributed by atoms with E-state index >= 15 is 0 Å². The van der Waals surface area contributed by atoms with E-state index in [-0.39, 0.29) is 23.9 Å². The third kappa shape index (κ3) is 5.24. The number of benzene rings is 3. The molecule has 7 heteroatoms. The van der Waals surface area contributed by atoms with Crippen LogP contribution in [-0.4, -0.2) is 37.0 Å². The molecule has 1 aliphatic heterocycles. The maximum Gasteiger partial charge on any atom is 0.416 e. The van der Waals surface area contributed by atoms with Crippen LogP contribution in [0.1, 0.15) is 57.8 Å². The molecule has 1 heterocycles. The Morgan fingerprint density at radius 2 is 1.49 bits per heavy atom. The van der Waals surface area contributed by atoms with Crippen molar-refractivity contribution in [3.8, 4) is 11.1 Å². The summed E-state index contributed by atoms with van der Waals surface area (Å²) in [5, 5.41) is 2.83. The molecule has 0 bridgehead atoms. The zero-order valence-electron chi connectivity index (χ0n) is 19.3. The van der Waals surface area contributed by atoms with Crippen molar-refractivity contribution in [3.05, 3.63) is 94.5 Å². The van der Waals surface area contributed by atoms with Gasteiger partial charge in [-0.1, -0.05) is 55.0 Å². The van der Waals surface area contributed by atoms with E-state index in [1.54, 1.807) is 6.07 Å². The number of rotatable bonds is 5. The number of nitrogens with one attached hydrogen (secondary N) is 1. The first kappa shape index (κ1) is 25.3. The lowest BCUT2D eigenvalue weighted by Crippen LogP contribution is -2.37. The van der Waals surface area contributed by atoms with Crippen molar-refractivity contribution >= 4 is 18.3 Å². The van der Waals surface area contributed by atoms with Gasteiger partial charge in [0.1, 0.15) is 0 Å². The minimum Gasteiger partial charge on any atom is -0.351 e. The van der Waals surface area contributed by atoms with Gasteiger partial charge in [-0.15, -0.1) is 12.4 Å². The summed E-state index contributed by atoms with van der Waals surface area (Å²) in [4.78, 5) is 15.2. The van der Waals surface area contributed by atoms with E-state index in [1.807, 2.05) is 48.5 Å². The monoisotopic (exact) mass is 500 g/mol. The number of fused-ring (bicyclic) bond motifs is 3. The summed E-state index contributed by atoms with van der Waals surface area (Å²) in [5.41, 5.74) is 3.69. The molecule has 184 valence electrons. The SMILES string of the molecule is Cl.O=C(NCCN1CCCCC1)c1cc(C2c3ccccc3-c3ccccc32)cc(C(F)(F)F)c1. The molecule has 0 aromatic heterocycles. The second-order valence-electron chi connectivity index (χ2n) is 9.11. The summed E-state index contributed by atoms with van der Waals surface area (Å²) in [5.74, 6) is -0.821. The van der Waals surface area contributed by atoms with Gasteiger partial charge in [0.25, 0.3) is 5.91 Å². The first-order chi connectivity index (χ1) is 16.4. The number of amides is 1. The van der Waals surface area contributed by atoms with Crippen LogP contribution < -0.4 is 5.32 Å². The van der Waals surface area contributed by atoms with Crippen LogP contribution in [0.3, 0.4) is 0 Å². The fourth-order valence-corrected chi connectivity index (χ4v) is 5.24. The third-order valence-corrected chi connectivity index (χ3v) is 6.87. The van der Waals surface area contributed by atoms with Crippen LogP contribution in [-0.2, 0) is 6.18 Å². The highest BCUT2D eigenvalue weighted by Gasteiger charge is 2.35. The average Bonchev–Trinajstić information content (AvgIpc) is 3.18. The lowest BCUT2D eigenvalue weighted by molar-refractivity contribution is -0.137. The highest BCUT2D eigenvalue weighted by Crippen LogP contribution is 2.48. The van der Waals surface area contributed by atoms with Crippen molar-refractivity contribution in [2.24, 2.45) is 0 Å². The Balaban J connectivity index is 0.00000289. The molecule has 3 nitrogen and oxygen atoms in total. The van der Waals surface area contributed by atoms with E-state index in [1.165, 1.54) is 12.5 Å². The maximum absolute atomic E-state index is 13.8. The first-order valence-electron chi connectivity index (χ1n) is 11.8. The topological polar surface area (TPSA) is 32.3 Å². The maximum atomic E-state index is 13.8. The van der Waals surface area contributed by atoms with Gasteiger partial charge in [-0.05, 0) is 71.9 Å². The van der Waals surface area contributed by atoms with Crippen LogP contribution in [0.5, 0.6) is 0 Å². The molecule has 1 N–H and O–H groups in total. The Morgan fingerprint density at radius 1 is 0.886 bits per heavy atom. The van der Waals surface area contributed by atoms with E-state index in [0.717, 1.165) is 54.3 Å². The Kier molecular flexibility index (Phi) is 7.53. The van der Waals surface area contributed by atoms with Gasteiger partial charge in [0.15, 0.2) is 0 Å². The Labute approximate surface area is 209 Å². The summed E-state index contributed by atoms with van der Waals surface area (Å²) >= 11 is 0. The highest BCUT2D eigenvalue weighted by molar-refractivity contribution is 5.95. The number of hydrogen-bond acceptors (Lipinski definition) is 2. The van der Waals surface area contributed by atoms with Crippen molar-refractivity contribution < 1.29 is 18.0 Å². The van der Waals surface area contributed by atoms with Gasteiger partial charge in [0, 0.05) is 24.6 Å². The van der Waals surface area contributed by atoms with Crippen LogP contribution >= 0.6 is 12.4 Å². The largest absolute Gasteiger partial charge is 0.416 e. The van der Waals surface area contributed by atoms with Gasteiger partial charge in [0.2, 0.25) is 0 Å². The molecule has 2 aliphatic rings. The van der Waals surface area contributed by atoms with Gasteiger partial charge in [-0.2, -0.15) is 13.2 Å². The predicted molar refractivity (Wildman–Crippen MR) is 134 cm³/mol. The Hall–Kier alpha value is -2.83. The number of hydrogen-bond donors (Lipinski definition) is 1. The molecule has 0 atom stereocenters. The predicted octanol–water partition coefficient (Wildman–Crippen LogP) is 6.50. The second-order valence-corrected chi connectivity index (χ2v) is 9.11. The average molecular weight is 501 g/mol. The zero-order chi connectivity index (χ0) is 23.7. The molecule has 35 heavy (non-hydrogen) atoms. The molecule has 0 saturated carbocycles. The summed E-state index contributed by atoms with van der Waals surface area (Å²) in [6.07, 6.45) is -1.02. The van der Waals surface area contributed by atoms with Crippen LogP contribution in [0.25, 0.3) is 11.1 Å². The molecule has 5 rings (SSSR count). The van der Waals surface area contributed by atoms with Crippen LogP contribution in [0, 0.1) is 0 Å². The molecule has 3 aromatic rings. The number of halogens is 4. The number of alkyl halides is 3. The lowest BCUT2D eigenvalue weighted by atomic mass is 9.87. The Morgan fingerprint density at radius 3 is 2.09 bits per heavy atom. The number of carbonyl (C=O) groups is 1. The fourth-order valence-electron chi connectivity index (χ4n) is 5.24. The molecule has 0 spiro atoms. The number of carbonyl (C=O) groups excluding carboxylic acids is 1. The van der Waals surface area contributed by atoms with Gasteiger partial charge < -0.3 is 10.2 Å². The highest BCUT2D eigenvalue weighted by atomic mass is 35.5. The molecule has 1 amide bonds. The van der Waals surface area contributed by atoms with Gasteiger partial charge >= 0.3 is 6.18 Å². The van der Waals surface area contributed by atoms with Gasteiger partial charge in [-0.25, -0.2) is 0 Å². The molecule has 0 unspecified atom stereocenters. The van der Waals surface area contributed by atoms with E-state index in [0.29, 0.717) is 18.7 Å². The third-order valence-electron chi connectivity index (χ3n) is 6.87. The molecular formula is C28H28ClF3N2O. The zero-order valence-corrected chi connectivity index (χ0v) is 20.1. The van der Waals surface area contributed by atoms with Crippen molar-refractivity contribution in [1.82, 2.24) is 10.2 Å². The van der Waals surface area contributed by atoms with Crippen molar-refractivity contribution in [2.75, 3.05) is 26.2 Å². The summed E-state index contributed by atoms with van der Waals surface area (Å²) in [6, 6.07) is 19.4. The first-order valence-corrected chi connectivity index (χ1v) is 11.8. The molecule has 1 fully saturated rings. The molecule has 1 aliphatic carbocycles. The fraction of sp³-hybridized carbons (Fsp3) is 0.321. The van der Waals surface area contributed by atoms with Crippen LogP contribution in [0.15, 0.2) is 66.7 Å². The Bertz CT molecular complexity index is 1160. The van der Waals surface area contributed by atoms with E-state index in [9.17, 15) is 18.0 Å². The molecular weight excluding hydrogens is 473 g/mol. The summed E-state index contributed by atoms with van der Waals surface area (Å²) < 4.78 is 41.5. The minimum absolute atomic E-state index is 0. The standard InChI is InChI=1S/C28H27F3N2O.ClH/c29-28(30,31)21-17-19(16-20(18-21)27(34)32-12-15-33-13-6-1-7-14-33)26-24-10-4-2-8-22(24)23-9-3-5-11-25(23)26;/h2-5,8-11,16-18,26H,1,6-7,12-15H2,(H,32,34);1H. The lowest BCUT2D eigenvalue weighted by Gasteiger charge is -2.26. The van der Waals surface area contributed by atoms with Crippen LogP contribution in [0.2, 0.25) is 0 Å². The quantitative estimate of drug-likeness (QED) is 0.339. The number of likely N-dealkylation sites (tertiary alicyclic amines) is 1. The minimum atomic E-state index is -4.55. The van der Waals surface area contributed by atoms with Crippen molar-refractivity contribution in [1.29, 1.82) is 0 Å². The molecule has 0 radical (unpaired) electrons.